The standard InChI is InChI=1S/C19H22N2O3S/c22-18(8-5-13-3-1-2-4-13)21-19-20-15(12-25-19)14-6-7-16-17(11-14)24-10-9-23-16/h6-7,11-13H,1-5,8-10H2,(H,20,21,22). The molecule has 1 aliphatic heterocycles. The van der Waals surface area contributed by atoms with Crippen LogP contribution < -0.4 is 14.8 Å². The van der Waals surface area contributed by atoms with E-state index in [-0.39, 0.29) is 5.91 Å². The van der Waals surface area contributed by atoms with Crippen LogP contribution in [0.25, 0.3) is 11.3 Å². The molecule has 132 valence electrons. The number of anilines is 1. The first-order valence-electron chi connectivity index (χ1n) is 8.93. The van der Waals surface area contributed by atoms with Gasteiger partial charge in [-0.05, 0) is 30.5 Å². The molecule has 1 aliphatic carbocycles. The zero-order valence-corrected chi connectivity index (χ0v) is 14.9. The van der Waals surface area contributed by atoms with E-state index >= 15 is 0 Å². The minimum absolute atomic E-state index is 0.0648. The van der Waals surface area contributed by atoms with Crippen LogP contribution in [0.1, 0.15) is 38.5 Å². The molecule has 0 spiro atoms. The maximum Gasteiger partial charge on any atom is 0.226 e. The smallest absolute Gasteiger partial charge is 0.226 e. The van der Waals surface area contributed by atoms with Gasteiger partial charge in [0.05, 0.1) is 5.69 Å². The van der Waals surface area contributed by atoms with Crippen LogP contribution in [0.15, 0.2) is 23.6 Å². The van der Waals surface area contributed by atoms with E-state index in [2.05, 4.69) is 10.3 Å². The summed E-state index contributed by atoms with van der Waals surface area (Å²) in [5.74, 6) is 2.31. The van der Waals surface area contributed by atoms with E-state index in [9.17, 15) is 4.79 Å². The van der Waals surface area contributed by atoms with E-state index < -0.39 is 0 Å². The Bertz CT molecular complexity index is 753. The summed E-state index contributed by atoms with van der Waals surface area (Å²) >= 11 is 1.45. The van der Waals surface area contributed by atoms with Crippen LogP contribution in [0.2, 0.25) is 0 Å². The summed E-state index contributed by atoms with van der Waals surface area (Å²) in [6.45, 7) is 1.15. The minimum atomic E-state index is 0.0648. The lowest BCUT2D eigenvalue weighted by atomic mass is 10.0. The number of hydrogen-bond acceptors (Lipinski definition) is 5. The molecular weight excluding hydrogens is 336 g/mol. The largest absolute Gasteiger partial charge is 0.486 e. The topological polar surface area (TPSA) is 60.5 Å². The van der Waals surface area contributed by atoms with Gasteiger partial charge in [0.1, 0.15) is 13.2 Å². The highest BCUT2D eigenvalue weighted by molar-refractivity contribution is 7.14. The van der Waals surface area contributed by atoms with Gasteiger partial charge in [-0.1, -0.05) is 25.7 Å². The zero-order valence-electron chi connectivity index (χ0n) is 14.1. The molecule has 0 unspecified atom stereocenters. The van der Waals surface area contributed by atoms with Crippen molar-refractivity contribution in [3.8, 4) is 22.8 Å². The third kappa shape index (κ3) is 3.95. The molecule has 2 aromatic rings. The first-order chi connectivity index (χ1) is 12.3. The van der Waals surface area contributed by atoms with E-state index in [0.29, 0.717) is 24.8 Å². The molecule has 1 aromatic carbocycles. The fraction of sp³-hybridized carbons (Fsp3) is 0.474. The highest BCUT2D eigenvalue weighted by Gasteiger charge is 2.17. The Labute approximate surface area is 151 Å². The molecule has 0 saturated heterocycles. The summed E-state index contributed by atoms with van der Waals surface area (Å²) in [7, 11) is 0. The van der Waals surface area contributed by atoms with Gasteiger partial charge >= 0.3 is 0 Å². The highest BCUT2D eigenvalue weighted by Crippen LogP contribution is 2.35. The van der Waals surface area contributed by atoms with Crippen molar-refractivity contribution in [3.05, 3.63) is 23.6 Å². The van der Waals surface area contributed by atoms with Gasteiger partial charge in [-0.25, -0.2) is 4.98 Å². The maximum absolute atomic E-state index is 12.1. The first-order valence-corrected chi connectivity index (χ1v) is 9.81. The number of aromatic nitrogens is 1. The minimum Gasteiger partial charge on any atom is -0.486 e. The fourth-order valence-electron chi connectivity index (χ4n) is 3.48. The fourth-order valence-corrected chi connectivity index (χ4v) is 4.22. The van der Waals surface area contributed by atoms with Gasteiger partial charge in [0.15, 0.2) is 16.6 Å². The lowest BCUT2D eigenvalue weighted by Crippen LogP contribution is -2.15. The summed E-state index contributed by atoms with van der Waals surface area (Å²) in [5, 5.41) is 5.54. The van der Waals surface area contributed by atoms with Gasteiger partial charge < -0.3 is 14.8 Å². The van der Waals surface area contributed by atoms with Gasteiger partial charge in [0.2, 0.25) is 5.91 Å². The van der Waals surface area contributed by atoms with Crippen LogP contribution in [0, 0.1) is 5.92 Å². The van der Waals surface area contributed by atoms with Crippen molar-refractivity contribution < 1.29 is 14.3 Å². The Hall–Kier alpha value is -2.08. The third-order valence-electron chi connectivity index (χ3n) is 4.84. The Morgan fingerprint density at radius 2 is 2.00 bits per heavy atom. The molecule has 1 aromatic heterocycles. The number of ether oxygens (including phenoxy) is 2. The third-order valence-corrected chi connectivity index (χ3v) is 5.60. The maximum atomic E-state index is 12.1. The molecule has 4 rings (SSSR count). The molecular formula is C19H22N2O3S. The second kappa shape index (κ2) is 7.44. The molecule has 0 radical (unpaired) electrons. The van der Waals surface area contributed by atoms with Crippen LogP contribution in [0.4, 0.5) is 5.13 Å². The second-order valence-electron chi connectivity index (χ2n) is 6.63. The SMILES string of the molecule is O=C(CCC1CCCC1)Nc1nc(-c2ccc3c(c2)OCCO3)cs1. The number of rotatable bonds is 5. The Balaban J connectivity index is 1.37. The normalized spacial score (nSPS) is 16.8. The van der Waals surface area contributed by atoms with Gasteiger partial charge in [-0.3, -0.25) is 4.79 Å². The predicted octanol–water partition coefficient (Wildman–Crippen LogP) is 4.49. The average molecular weight is 358 g/mol. The van der Waals surface area contributed by atoms with E-state index in [1.807, 2.05) is 23.6 Å². The predicted molar refractivity (Wildman–Crippen MR) is 98.4 cm³/mol. The molecule has 1 amide bonds. The Morgan fingerprint density at radius 3 is 2.84 bits per heavy atom. The molecule has 1 saturated carbocycles. The van der Waals surface area contributed by atoms with E-state index in [1.165, 1.54) is 37.0 Å². The number of fused-ring (bicyclic) bond motifs is 1. The van der Waals surface area contributed by atoms with Gasteiger partial charge in [0.25, 0.3) is 0 Å². The molecule has 1 N–H and O–H groups in total. The number of hydrogen-bond donors (Lipinski definition) is 1. The second-order valence-corrected chi connectivity index (χ2v) is 7.49. The monoisotopic (exact) mass is 358 g/mol. The number of carbonyl (C=O) groups excluding carboxylic acids is 1. The van der Waals surface area contributed by atoms with Crippen molar-refractivity contribution in [1.82, 2.24) is 4.98 Å². The molecule has 2 aliphatic rings. The van der Waals surface area contributed by atoms with Crippen LogP contribution in [0.3, 0.4) is 0 Å². The molecule has 6 heteroatoms. The van der Waals surface area contributed by atoms with Gasteiger partial charge in [-0.15, -0.1) is 11.3 Å². The molecule has 5 nitrogen and oxygen atoms in total. The average Bonchev–Trinajstić information content (AvgIpc) is 3.31. The summed E-state index contributed by atoms with van der Waals surface area (Å²) in [4.78, 5) is 16.7. The van der Waals surface area contributed by atoms with Crippen LogP contribution >= 0.6 is 11.3 Å². The lowest BCUT2D eigenvalue weighted by molar-refractivity contribution is -0.116. The van der Waals surface area contributed by atoms with Gasteiger partial charge in [-0.2, -0.15) is 0 Å². The van der Waals surface area contributed by atoms with Crippen molar-refractivity contribution in [1.29, 1.82) is 0 Å². The van der Waals surface area contributed by atoms with E-state index in [4.69, 9.17) is 9.47 Å². The van der Waals surface area contributed by atoms with Crippen LogP contribution in [0.5, 0.6) is 11.5 Å². The molecule has 0 atom stereocenters. The van der Waals surface area contributed by atoms with Crippen molar-refractivity contribution >= 4 is 22.4 Å². The quantitative estimate of drug-likeness (QED) is 0.855. The molecule has 25 heavy (non-hydrogen) atoms. The summed E-state index contributed by atoms with van der Waals surface area (Å²) < 4.78 is 11.2. The Morgan fingerprint density at radius 1 is 1.20 bits per heavy atom. The van der Waals surface area contributed by atoms with Crippen LogP contribution in [-0.2, 0) is 4.79 Å². The van der Waals surface area contributed by atoms with E-state index in [1.54, 1.807) is 0 Å². The van der Waals surface area contributed by atoms with Gasteiger partial charge in [0, 0.05) is 17.4 Å². The number of nitrogens with one attached hydrogen (secondary N) is 1. The molecule has 2 heterocycles. The first kappa shape index (κ1) is 16.4. The lowest BCUT2D eigenvalue weighted by Gasteiger charge is -2.18. The van der Waals surface area contributed by atoms with E-state index in [0.717, 1.165) is 35.1 Å². The van der Waals surface area contributed by atoms with Crippen LogP contribution in [-0.4, -0.2) is 24.1 Å². The zero-order chi connectivity index (χ0) is 17.1. The van der Waals surface area contributed by atoms with Crippen molar-refractivity contribution in [2.45, 2.75) is 38.5 Å². The number of carbonyl (C=O) groups is 1. The number of nitrogens with zero attached hydrogens (tertiary/aromatic N) is 1. The summed E-state index contributed by atoms with van der Waals surface area (Å²) in [6.07, 6.45) is 6.77. The number of amides is 1. The summed E-state index contributed by atoms with van der Waals surface area (Å²) in [5.41, 5.74) is 1.81. The van der Waals surface area contributed by atoms with Crippen molar-refractivity contribution in [2.75, 3.05) is 18.5 Å². The Kier molecular flexibility index (Phi) is 4.88. The van der Waals surface area contributed by atoms with Crippen molar-refractivity contribution in [2.24, 2.45) is 5.92 Å². The highest BCUT2D eigenvalue weighted by atomic mass is 32.1. The molecule has 1 fully saturated rings. The summed E-state index contributed by atoms with van der Waals surface area (Å²) in [6, 6.07) is 5.81. The number of thiazole rings is 1. The molecule has 0 bridgehead atoms. The van der Waals surface area contributed by atoms with Crippen molar-refractivity contribution in [3.63, 3.8) is 0 Å². The number of benzene rings is 1.